The van der Waals surface area contributed by atoms with Crippen molar-refractivity contribution in [3.8, 4) is 6.07 Å². The number of fused-ring (bicyclic) bond motifs is 1. The van der Waals surface area contributed by atoms with Crippen LogP contribution in [0.5, 0.6) is 0 Å². The zero-order valence-corrected chi connectivity index (χ0v) is 38.6. The number of aromatic nitrogens is 1. The molecular formula is C42H64ClN5O7S3. The Morgan fingerprint density at radius 3 is 2.41 bits per heavy atom. The van der Waals surface area contributed by atoms with Gasteiger partial charge in [0, 0.05) is 46.8 Å². The van der Waals surface area contributed by atoms with Gasteiger partial charge < -0.3 is 35.2 Å². The molecule has 0 aliphatic heterocycles. The molecule has 2 aromatic rings. The SMILES string of the molecule is CCCSC(=S)SC(C)(CC(C)(CC(C)(C#N)CCCOC(=O)C(C)O)C(=O)NCC(C)O)C(=O)OCCN(CC)CCCC(C)Nc1ccnc2cc(Cl)ccc12. The molecular weight excluding hydrogens is 818 g/mol. The molecule has 4 N–H and O–H groups in total. The number of nitrogens with zero attached hydrogens (tertiary/aromatic N) is 3. The number of ether oxygens (including phenoxy) is 2. The fourth-order valence-corrected chi connectivity index (χ4v) is 10.1. The number of amides is 1. The summed E-state index contributed by atoms with van der Waals surface area (Å²) in [6.45, 7) is 16.6. The Labute approximate surface area is 364 Å². The molecule has 58 heavy (non-hydrogen) atoms. The molecule has 12 nitrogen and oxygen atoms in total. The summed E-state index contributed by atoms with van der Waals surface area (Å²) < 4.78 is 10.4. The number of nitrogens with one attached hydrogen (secondary N) is 2. The van der Waals surface area contributed by atoms with E-state index in [0.717, 1.165) is 54.7 Å². The second kappa shape index (κ2) is 25.2. The highest BCUT2D eigenvalue weighted by molar-refractivity contribution is 8.47. The lowest BCUT2D eigenvalue weighted by molar-refractivity contribution is -0.152. The van der Waals surface area contributed by atoms with Crippen LogP contribution >= 0.6 is 47.3 Å². The molecule has 16 heteroatoms. The third-order valence-electron chi connectivity index (χ3n) is 9.81. The highest BCUT2D eigenvalue weighted by Gasteiger charge is 2.49. The number of aliphatic hydroxyl groups is 2. The minimum Gasteiger partial charge on any atom is -0.464 e. The molecule has 6 unspecified atom stereocenters. The van der Waals surface area contributed by atoms with E-state index in [2.05, 4.69) is 40.4 Å². The van der Waals surface area contributed by atoms with Crippen LogP contribution in [0, 0.1) is 22.2 Å². The predicted molar refractivity (Wildman–Crippen MR) is 241 cm³/mol. The predicted octanol–water partition coefficient (Wildman–Crippen LogP) is 7.77. The number of aliphatic hydroxyl groups excluding tert-OH is 2. The number of rotatable bonds is 26. The van der Waals surface area contributed by atoms with Gasteiger partial charge in [-0.1, -0.05) is 56.4 Å². The zero-order chi connectivity index (χ0) is 43.5. The second-order valence-electron chi connectivity index (χ2n) is 15.8. The van der Waals surface area contributed by atoms with Crippen molar-refractivity contribution in [1.29, 1.82) is 5.26 Å². The first-order valence-electron chi connectivity index (χ1n) is 20.1. The second-order valence-corrected chi connectivity index (χ2v) is 20.0. The molecule has 0 radical (unpaired) electrons. The van der Waals surface area contributed by atoms with Crippen molar-refractivity contribution >= 4 is 85.3 Å². The quantitative estimate of drug-likeness (QED) is 0.0410. The number of benzene rings is 1. The first-order valence-corrected chi connectivity index (χ1v) is 22.7. The van der Waals surface area contributed by atoms with Gasteiger partial charge in [-0.05, 0) is 123 Å². The topological polar surface area (TPSA) is 174 Å². The van der Waals surface area contributed by atoms with Gasteiger partial charge in [-0.2, -0.15) is 5.26 Å². The van der Waals surface area contributed by atoms with Crippen LogP contribution in [0.1, 0.15) is 100 Å². The average molecular weight is 883 g/mol. The van der Waals surface area contributed by atoms with Crippen molar-refractivity contribution in [1.82, 2.24) is 15.2 Å². The van der Waals surface area contributed by atoms with Gasteiger partial charge in [0.1, 0.15) is 21.0 Å². The van der Waals surface area contributed by atoms with E-state index in [0.29, 0.717) is 21.5 Å². The largest absolute Gasteiger partial charge is 0.464 e. The van der Waals surface area contributed by atoms with Crippen LogP contribution < -0.4 is 10.6 Å². The summed E-state index contributed by atoms with van der Waals surface area (Å²) in [7, 11) is 0. The number of esters is 2. The van der Waals surface area contributed by atoms with Crippen molar-refractivity contribution in [2.45, 2.75) is 123 Å². The van der Waals surface area contributed by atoms with Crippen LogP contribution in [0.3, 0.4) is 0 Å². The molecule has 1 amide bonds. The van der Waals surface area contributed by atoms with Gasteiger partial charge in [0.05, 0.1) is 29.7 Å². The lowest BCUT2D eigenvalue weighted by Gasteiger charge is -2.40. The Balaban J connectivity index is 2.18. The van der Waals surface area contributed by atoms with Gasteiger partial charge in [-0.15, -0.1) is 11.8 Å². The number of nitriles is 1. The lowest BCUT2D eigenvalue weighted by Crippen LogP contribution is -2.49. The van der Waals surface area contributed by atoms with E-state index in [9.17, 15) is 29.9 Å². The van der Waals surface area contributed by atoms with Crippen LogP contribution in [0.15, 0.2) is 30.5 Å². The third kappa shape index (κ3) is 17.5. The van der Waals surface area contributed by atoms with Crippen LogP contribution in [-0.4, -0.2) is 110 Å². The number of pyridine rings is 1. The maximum absolute atomic E-state index is 14.2. The van der Waals surface area contributed by atoms with Crippen LogP contribution in [0.4, 0.5) is 5.69 Å². The molecule has 0 aliphatic carbocycles. The molecule has 324 valence electrons. The molecule has 1 heterocycles. The molecule has 6 atom stereocenters. The number of anilines is 1. The normalized spacial score (nSPS) is 16.2. The summed E-state index contributed by atoms with van der Waals surface area (Å²) in [5, 5.41) is 37.9. The molecule has 0 fully saturated rings. The fraction of sp³-hybridized carbons (Fsp3) is 0.667. The number of likely N-dealkylation sites (N-methyl/N-ethyl adjacent to an activating group) is 1. The Morgan fingerprint density at radius 1 is 1.05 bits per heavy atom. The monoisotopic (exact) mass is 881 g/mol. The summed E-state index contributed by atoms with van der Waals surface area (Å²) in [4.78, 5) is 46.7. The summed E-state index contributed by atoms with van der Waals surface area (Å²) in [5.74, 6) is -0.904. The summed E-state index contributed by atoms with van der Waals surface area (Å²) in [5.41, 5.74) is -0.497. The maximum Gasteiger partial charge on any atom is 0.334 e. The van der Waals surface area contributed by atoms with Crippen molar-refractivity contribution in [3.05, 3.63) is 35.5 Å². The number of carbonyl (C=O) groups excluding carboxylic acids is 3. The standard InChI is InChI=1S/C42H64ClN5O7S3/c1-9-23-57-39(56)58-42(8,27-41(7,37(52)46-25-30(4)49)26-40(6,28-44)17-12-21-54-36(51)31(5)50)38(53)55-22-20-48(10-2)19-11-13-29(3)47-34-16-18-45-35-24-32(43)14-15-33(34)35/h14-16,18,24,29-31,49-50H,9-13,17,19-23,25-27H2,1-8H3,(H,45,47)(H,46,52). The highest BCUT2D eigenvalue weighted by atomic mass is 35.5. The number of carbonyl (C=O) groups is 3. The van der Waals surface area contributed by atoms with E-state index in [-0.39, 0.29) is 45.1 Å². The van der Waals surface area contributed by atoms with E-state index in [1.54, 1.807) is 33.9 Å². The molecule has 0 bridgehead atoms. The molecule has 0 saturated heterocycles. The third-order valence-corrected chi connectivity index (χ3v) is 13.0. The van der Waals surface area contributed by atoms with E-state index < -0.39 is 45.6 Å². The maximum atomic E-state index is 14.2. The van der Waals surface area contributed by atoms with Crippen molar-refractivity contribution in [2.24, 2.45) is 10.8 Å². The Morgan fingerprint density at radius 2 is 1.78 bits per heavy atom. The van der Waals surface area contributed by atoms with Crippen LogP contribution in [-0.2, 0) is 23.9 Å². The molecule has 0 spiro atoms. The van der Waals surface area contributed by atoms with Crippen molar-refractivity contribution in [3.63, 3.8) is 0 Å². The van der Waals surface area contributed by atoms with Crippen molar-refractivity contribution < 1.29 is 34.1 Å². The zero-order valence-electron chi connectivity index (χ0n) is 35.4. The van der Waals surface area contributed by atoms with Crippen LogP contribution in [0.25, 0.3) is 10.9 Å². The van der Waals surface area contributed by atoms with Gasteiger partial charge in [-0.25, -0.2) is 4.79 Å². The number of thioether (sulfide) groups is 2. The van der Waals surface area contributed by atoms with E-state index >= 15 is 0 Å². The number of halogens is 1. The molecule has 1 aromatic heterocycles. The van der Waals surface area contributed by atoms with Gasteiger partial charge in [0.25, 0.3) is 0 Å². The Hall–Kier alpha value is -2.71. The van der Waals surface area contributed by atoms with E-state index in [1.807, 2.05) is 31.2 Å². The summed E-state index contributed by atoms with van der Waals surface area (Å²) in [6, 6.07) is 10.2. The molecule has 1 aromatic carbocycles. The first kappa shape index (κ1) is 51.4. The Bertz CT molecular complexity index is 1700. The smallest absolute Gasteiger partial charge is 0.334 e. The molecule has 0 aliphatic rings. The van der Waals surface area contributed by atoms with Gasteiger partial charge in [0.15, 0.2) is 0 Å². The number of thiocarbonyl (C=S) groups is 1. The minimum atomic E-state index is -1.29. The van der Waals surface area contributed by atoms with E-state index in [1.165, 1.54) is 30.4 Å². The number of hydrogen-bond acceptors (Lipinski definition) is 14. The fourth-order valence-electron chi connectivity index (χ4n) is 6.82. The van der Waals surface area contributed by atoms with Gasteiger partial charge >= 0.3 is 11.9 Å². The van der Waals surface area contributed by atoms with Gasteiger partial charge in [-0.3, -0.25) is 14.6 Å². The van der Waals surface area contributed by atoms with E-state index in [4.69, 9.17) is 33.3 Å². The lowest BCUT2D eigenvalue weighted by atomic mass is 9.67. The Kier molecular flexibility index (Phi) is 22.3. The van der Waals surface area contributed by atoms with Crippen molar-refractivity contribution in [2.75, 3.05) is 50.5 Å². The minimum absolute atomic E-state index is 0.00145. The summed E-state index contributed by atoms with van der Waals surface area (Å²) in [6.07, 6.45) is 3.08. The molecule has 2 rings (SSSR count). The average Bonchev–Trinajstić information content (AvgIpc) is 3.16. The van der Waals surface area contributed by atoms with Crippen LogP contribution in [0.2, 0.25) is 5.02 Å². The van der Waals surface area contributed by atoms with Gasteiger partial charge in [0.2, 0.25) is 5.91 Å². The highest BCUT2D eigenvalue weighted by Crippen LogP contribution is 2.47. The summed E-state index contributed by atoms with van der Waals surface area (Å²) >= 11 is 14.6. The first-order chi connectivity index (χ1) is 27.3. The number of hydrogen-bond donors (Lipinski definition) is 4. The molecule has 0 saturated carbocycles.